The molecule has 5 aromatic heterocycles. The van der Waals surface area contributed by atoms with E-state index >= 15 is 0 Å². The van der Waals surface area contributed by atoms with Crippen LogP contribution in [0.2, 0.25) is 0 Å². The molecule has 0 saturated heterocycles. The molecule has 9 nitrogen and oxygen atoms in total. The summed E-state index contributed by atoms with van der Waals surface area (Å²) in [4.78, 5) is 27.1. The van der Waals surface area contributed by atoms with Crippen LogP contribution in [0.1, 0.15) is 39.8 Å². The Morgan fingerprint density at radius 3 is 0.829 bits per heavy atom. The summed E-state index contributed by atoms with van der Waals surface area (Å²) >= 11 is 0. The second-order valence-electron chi connectivity index (χ2n) is 27.0. The van der Waals surface area contributed by atoms with E-state index in [-0.39, 0.29) is 70.3 Å². The van der Waals surface area contributed by atoms with Gasteiger partial charge in [0.2, 0.25) is 5.95 Å². The molecule has 0 aliphatic heterocycles. The van der Waals surface area contributed by atoms with Crippen molar-refractivity contribution >= 4 is 162 Å². The molecule has 0 spiro atoms. The van der Waals surface area contributed by atoms with Crippen LogP contribution in [0.15, 0.2) is 357 Å². The Bertz CT molecular complexity index is 9740. The van der Waals surface area contributed by atoms with Crippen LogP contribution in [-0.2, 0) is 0 Å². The fourth-order valence-electron chi connectivity index (χ4n) is 17.0. The Hall–Kier alpha value is -15.1. The summed E-state index contributed by atoms with van der Waals surface area (Å²) in [5.74, 6) is -2.31. The van der Waals surface area contributed by atoms with Crippen molar-refractivity contribution in [2.45, 2.75) is 0 Å². The van der Waals surface area contributed by atoms with Crippen LogP contribution in [0.3, 0.4) is 0 Å². The minimum atomic E-state index is -0.723. The highest BCUT2D eigenvalue weighted by molar-refractivity contribution is 6.43. The molecule has 0 unspecified atom stereocenters. The second kappa shape index (κ2) is 23.7. The lowest BCUT2D eigenvalue weighted by molar-refractivity contribution is 0.954. The van der Waals surface area contributed by atoms with Crippen molar-refractivity contribution in [1.29, 1.82) is 0 Å². The lowest BCUT2D eigenvalue weighted by Crippen LogP contribution is -2.06. The predicted octanol–water partition coefficient (Wildman–Crippen LogP) is 26.1. The Morgan fingerprint density at radius 2 is 0.450 bits per heavy atom. The van der Waals surface area contributed by atoms with Gasteiger partial charge in [-0.3, -0.25) is 4.57 Å². The van der Waals surface area contributed by atoms with Crippen molar-refractivity contribution in [3.05, 3.63) is 357 Å². The van der Waals surface area contributed by atoms with Gasteiger partial charge in [0.1, 0.15) is 0 Å². The van der Waals surface area contributed by atoms with E-state index in [2.05, 4.69) is 105 Å². The van der Waals surface area contributed by atoms with Gasteiger partial charge >= 0.3 is 0 Å². The zero-order valence-electron chi connectivity index (χ0n) is 86.3. The van der Waals surface area contributed by atoms with E-state index in [1.807, 2.05) is 102 Å². The molecule has 26 rings (SSSR count). The van der Waals surface area contributed by atoms with Gasteiger partial charge < -0.3 is 9.13 Å². The largest absolute Gasteiger partial charge is 0.309 e. The third kappa shape index (κ3) is 9.06. The van der Waals surface area contributed by atoms with Crippen LogP contribution in [0, 0.1) is 0 Å². The summed E-state index contributed by atoms with van der Waals surface area (Å²) in [6.07, 6.45) is 0. The SMILES string of the molecule is [2H]c1c([2H])c([2H])c(-c2nc(-c3c([2H])c([2H])c([2H])c([2H])c3[2H])nc(-c3c([2H])c([2H])c([2H])c(-n4c5cccc6c7cccc8ccc9ccc4c(c9c87)c65)c3[2H])n2)c([2H])c1[2H].[2H]c1c([2H])c([2H])c(-c2nc(-c3c([2H])c([2H])c([2H])c([2H])c3[2H])nc(-n3c4cccc5c6cccc7ccc8ccc3c(c8c76)c54)n2)c([2H])c1[2H].[2H]c1c([2H])c([2H])c(-n2c3cccc4c5cccc6ccc7ccc2c(c7c65)c43)c([2H])c1[2H]. The van der Waals surface area contributed by atoms with E-state index in [0.717, 1.165) is 141 Å². The number of nitrogens with zero attached hydrogens (tertiary/aromatic N) is 9. The van der Waals surface area contributed by atoms with Gasteiger partial charge in [-0.2, -0.15) is 9.97 Å². The maximum Gasteiger partial charge on any atom is 0.238 e. The van der Waals surface area contributed by atoms with E-state index in [1.54, 1.807) is 9.13 Å². The van der Waals surface area contributed by atoms with Gasteiger partial charge in [0.25, 0.3) is 0 Å². The summed E-state index contributed by atoms with van der Waals surface area (Å²) < 4.78 is 253. The summed E-state index contributed by atoms with van der Waals surface area (Å²) in [7, 11) is 0. The molecule has 0 atom stereocenters. The number of benzene rings is 21. The third-order valence-electron chi connectivity index (χ3n) is 21.3. The molecule has 21 aromatic carbocycles. The molecular weight excluding hydrogens is 1350 g/mol. The molecule has 26 aromatic rings. The van der Waals surface area contributed by atoms with Crippen LogP contribution >= 0.6 is 0 Å². The van der Waals surface area contributed by atoms with Gasteiger partial charge in [-0.05, 0) is 141 Å². The fourth-order valence-corrected chi connectivity index (χ4v) is 17.0. The van der Waals surface area contributed by atoms with Crippen LogP contribution in [0.25, 0.3) is 237 Å². The van der Waals surface area contributed by atoms with Crippen molar-refractivity contribution in [1.82, 2.24) is 43.6 Å². The van der Waals surface area contributed by atoms with Crippen molar-refractivity contribution in [3.63, 3.8) is 0 Å². The molecule has 111 heavy (non-hydrogen) atoms. The lowest BCUT2D eigenvalue weighted by Gasteiger charge is -2.13. The van der Waals surface area contributed by atoms with Gasteiger partial charge in [-0.15, -0.1) is 0 Å². The highest BCUT2D eigenvalue weighted by Crippen LogP contribution is 2.51. The highest BCUT2D eigenvalue weighted by Gasteiger charge is 2.28. The predicted molar refractivity (Wildman–Crippen MR) is 461 cm³/mol. The number of hydrogen-bond acceptors (Lipinski definition) is 6. The smallest absolute Gasteiger partial charge is 0.238 e. The molecule has 0 fully saturated rings. The van der Waals surface area contributed by atoms with Crippen LogP contribution in [0.4, 0.5) is 0 Å². The first-order valence-corrected chi connectivity index (χ1v) is 35.4. The zero-order valence-corrected chi connectivity index (χ0v) is 57.3. The normalized spacial score (nSPS) is 15.8. The Kier molecular flexibility index (Phi) is 8.44. The second-order valence-corrected chi connectivity index (χ2v) is 27.0. The maximum atomic E-state index is 9.77. The van der Waals surface area contributed by atoms with Gasteiger partial charge in [-0.1, -0.05) is 297 Å². The molecule has 0 N–H and O–H groups in total. The molecule has 9 heteroatoms. The molecule has 0 radical (unpaired) electrons. The van der Waals surface area contributed by atoms with E-state index in [9.17, 15) is 2.74 Å². The number of fused-ring (bicyclic) bond motifs is 3. The van der Waals surface area contributed by atoms with Crippen LogP contribution in [-0.4, -0.2) is 43.6 Å². The van der Waals surface area contributed by atoms with Crippen molar-refractivity contribution in [3.8, 4) is 74.3 Å². The first-order valence-electron chi connectivity index (χ1n) is 49.9. The maximum absolute atomic E-state index is 9.77. The van der Waals surface area contributed by atoms with Gasteiger partial charge in [-0.25, -0.2) is 19.9 Å². The summed E-state index contributed by atoms with van der Waals surface area (Å²) in [5.41, 5.74) is 2.42. The number of hydrogen-bond donors (Lipinski definition) is 0. The Balaban J connectivity index is 0.000000119. The van der Waals surface area contributed by atoms with E-state index in [1.165, 1.54) is 10.8 Å². The van der Waals surface area contributed by atoms with Gasteiger partial charge in [0.05, 0.1) is 72.9 Å². The highest BCUT2D eigenvalue weighted by atomic mass is 15.2. The Labute approximate surface area is 674 Å². The molecule has 0 saturated carbocycles. The lowest BCUT2D eigenvalue weighted by atomic mass is 9.89. The average molecular weight is 1440 g/mol. The molecule has 512 valence electrons. The molecule has 5 heterocycles. The quantitative estimate of drug-likeness (QED) is 0.111. The third-order valence-corrected chi connectivity index (χ3v) is 21.3. The minimum absolute atomic E-state index is 0.0201. The number of rotatable bonds is 8. The summed E-state index contributed by atoms with van der Waals surface area (Å²) in [6, 6.07) is 44.1. The monoisotopic (exact) mass is 1440 g/mol. The van der Waals surface area contributed by atoms with Crippen molar-refractivity contribution in [2.24, 2.45) is 0 Å². The van der Waals surface area contributed by atoms with Gasteiger partial charge in [0.15, 0.2) is 29.1 Å². The minimum Gasteiger partial charge on any atom is -0.309 e. The first-order chi connectivity index (χ1) is 67.1. The van der Waals surface area contributed by atoms with Crippen molar-refractivity contribution < 1.29 is 39.8 Å². The molecule has 0 aliphatic rings. The first kappa shape index (κ1) is 39.5. The number of para-hydroxylation sites is 1. The Morgan fingerprint density at radius 1 is 0.189 bits per heavy atom. The van der Waals surface area contributed by atoms with Crippen LogP contribution in [0.5, 0.6) is 0 Å². The van der Waals surface area contributed by atoms with Gasteiger partial charge in [0, 0.05) is 87.7 Å². The fraction of sp³-hybridized carbons (Fsp3) is 0. The molecular formula is C102H59N9. The summed E-state index contributed by atoms with van der Waals surface area (Å²) in [5, 5.41) is 25.1. The molecule has 0 bridgehead atoms. The van der Waals surface area contributed by atoms with E-state index < -0.39 is 179 Å². The molecule has 0 aliphatic carbocycles. The summed E-state index contributed by atoms with van der Waals surface area (Å²) in [6.45, 7) is 0. The zero-order chi connectivity index (χ0) is 97.8. The number of aromatic nitrogens is 9. The van der Waals surface area contributed by atoms with E-state index in [0.29, 0.717) is 11.0 Å². The van der Waals surface area contributed by atoms with Crippen molar-refractivity contribution in [2.75, 3.05) is 0 Å². The van der Waals surface area contributed by atoms with Crippen LogP contribution < -0.4 is 0 Å². The van der Waals surface area contributed by atoms with E-state index in [4.69, 9.17) is 47.0 Å². The standard InChI is InChI=1S/C41H24N4.C35H20N4.C26H15N/c1-3-10-27(11-4-1)39-42-40(28-12-5-2-6-13-28)44-41(43-39)29-15-7-16-30(24-29)45-33-19-9-18-32-31-17-8-14-25-20-21-26-22-23-34(45)38(37(32)33)36(26)35(25)31;1-3-9-23(10-4-1)33-36-34(24-11-5-2-6-12-24)38-35(37-33)39-27-16-8-15-26-25-14-7-13-21-17-18-22-19-20-28(39)32(31(26)27)30(22)29(21)25;1-2-7-18(8-3-1)27-21-11-5-10-20-19-9-4-6-16-12-13-17-14-15-22(27)26(25(20)21)24(17)23(16)19/h1-24H;1-20H;1-15H/i1D,2D,3D,4D,5D,6D,7D,10D,11D,12D,13D,15D,16D,24D;1D,2D,3D,4D,5D,6D,9D,10D,11D,12D;1D,2D,3D,7D,8D. The average Bonchev–Trinajstić information content (AvgIpc) is 1.53. The molecule has 0 amide bonds. The topological polar surface area (TPSA) is 92.1 Å².